The van der Waals surface area contributed by atoms with Crippen molar-refractivity contribution >= 4 is 5.97 Å². The molecule has 15 heavy (non-hydrogen) atoms. The number of aromatic nitrogens is 3. The molecule has 6 nitrogen and oxygen atoms in total. The van der Waals surface area contributed by atoms with E-state index in [4.69, 9.17) is 5.73 Å². The second-order valence-electron chi connectivity index (χ2n) is 3.30. The van der Waals surface area contributed by atoms with E-state index in [2.05, 4.69) is 27.1 Å². The van der Waals surface area contributed by atoms with Crippen LogP contribution in [0.1, 0.15) is 48.4 Å². The fourth-order valence-electron chi connectivity index (χ4n) is 1.31. The van der Waals surface area contributed by atoms with E-state index in [9.17, 15) is 4.79 Å². The molecule has 0 spiro atoms. The Balaban J connectivity index is 2.75. The van der Waals surface area contributed by atoms with E-state index in [0.717, 1.165) is 19.3 Å². The van der Waals surface area contributed by atoms with E-state index in [1.807, 2.05) is 0 Å². The maximum Gasteiger partial charge on any atom is 0.360 e. The van der Waals surface area contributed by atoms with Crippen molar-refractivity contribution in [3.05, 3.63) is 11.4 Å². The van der Waals surface area contributed by atoms with Gasteiger partial charge < -0.3 is 10.5 Å². The highest BCUT2D eigenvalue weighted by Crippen LogP contribution is 2.17. The number of ether oxygens (including phenoxy) is 1. The second kappa shape index (κ2) is 5.45. The van der Waals surface area contributed by atoms with Crippen molar-refractivity contribution in [3.8, 4) is 0 Å². The Kier molecular flexibility index (Phi) is 4.23. The van der Waals surface area contributed by atoms with Gasteiger partial charge in [-0.2, -0.15) is 10.3 Å². The molecule has 1 unspecified atom stereocenters. The standard InChI is InChI=1S/C9H16N4O2/c1-3-4-5-6(10)7-8(9(14)15-2)12-13-11-7/h6H,3-5,10H2,1-2H3,(H,11,12,13). The molecule has 0 aliphatic rings. The summed E-state index contributed by atoms with van der Waals surface area (Å²) in [5, 5.41) is 9.99. The van der Waals surface area contributed by atoms with Gasteiger partial charge in [-0.3, -0.25) is 0 Å². The number of carbonyl (C=O) groups excluding carboxylic acids is 1. The van der Waals surface area contributed by atoms with Crippen molar-refractivity contribution in [1.29, 1.82) is 0 Å². The Labute approximate surface area is 88.2 Å². The Morgan fingerprint density at radius 3 is 2.93 bits per heavy atom. The Morgan fingerprint density at radius 2 is 2.33 bits per heavy atom. The van der Waals surface area contributed by atoms with Crippen LogP contribution in [-0.2, 0) is 4.74 Å². The molecule has 0 fully saturated rings. The fraction of sp³-hybridized carbons (Fsp3) is 0.667. The Hall–Kier alpha value is -1.43. The van der Waals surface area contributed by atoms with Crippen LogP contribution in [0.15, 0.2) is 0 Å². The van der Waals surface area contributed by atoms with Gasteiger partial charge in [0.15, 0.2) is 5.69 Å². The molecule has 0 saturated heterocycles. The normalized spacial score (nSPS) is 12.5. The number of hydrogen-bond acceptors (Lipinski definition) is 5. The van der Waals surface area contributed by atoms with Gasteiger partial charge in [0.25, 0.3) is 0 Å². The number of carbonyl (C=O) groups is 1. The minimum Gasteiger partial charge on any atom is -0.464 e. The molecular weight excluding hydrogens is 196 g/mol. The SMILES string of the molecule is CCCCC(N)c1n[nH]nc1C(=O)OC. The summed E-state index contributed by atoms with van der Waals surface area (Å²) < 4.78 is 4.57. The average Bonchev–Trinajstić information content (AvgIpc) is 2.73. The van der Waals surface area contributed by atoms with Gasteiger partial charge >= 0.3 is 5.97 Å². The Bertz CT molecular complexity index is 324. The van der Waals surface area contributed by atoms with Gasteiger partial charge in [0, 0.05) is 0 Å². The molecule has 1 rings (SSSR count). The van der Waals surface area contributed by atoms with Crippen LogP contribution >= 0.6 is 0 Å². The molecule has 0 radical (unpaired) electrons. The summed E-state index contributed by atoms with van der Waals surface area (Å²) in [5.41, 5.74) is 6.55. The first-order valence-corrected chi connectivity index (χ1v) is 4.95. The van der Waals surface area contributed by atoms with E-state index >= 15 is 0 Å². The quantitative estimate of drug-likeness (QED) is 0.703. The maximum absolute atomic E-state index is 11.3. The molecule has 84 valence electrons. The maximum atomic E-state index is 11.3. The van der Waals surface area contributed by atoms with Crippen LogP contribution in [0.3, 0.4) is 0 Å². The lowest BCUT2D eigenvalue weighted by atomic mass is 10.1. The van der Waals surface area contributed by atoms with Crippen molar-refractivity contribution in [2.45, 2.75) is 32.2 Å². The van der Waals surface area contributed by atoms with Crippen molar-refractivity contribution < 1.29 is 9.53 Å². The number of nitrogens with one attached hydrogen (secondary N) is 1. The molecule has 0 aromatic carbocycles. The summed E-state index contributed by atoms with van der Waals surface area (Å²) in [6.45, 7) is 2.08. The van der Waals surface area contributed by atoms with Crippen LogP contribution in [0.25, 0.3) is 0 Å². The van der Waals surface area contributed by atoms with Crippen molar-refractivity contribution in [2.24, 2.45) is 5.73 Å². The van der Waals surface area contributed by atoms with Crippen LogP contribution in [0.4, 0.5) is 0 Å². The number of methoxy groups -OCH3 is 1. The molecule has 0 bridgehead atoms. The highest BCUT2D eigenvalue weighted by atomic mass is 16.5. The zero-order valence-corrected chi connectivity index (χ0v) is 8.99. The molecule has 1 atom stereocenters. The molecular formula is C9H16N4O2. The number of hydrogen-bond donors (Lipinski definition) is 2. The third kappa shape index (κ3) is 2.76. The molecule has 0 aliphatic heterocycles. The number of aromatic amines is 1. The van der Waals surface area contributed by atoms with E-state index in [1.54, 1.807) is 0 Å². The van der Waals surface area contributed by atoms with Crippen molar-refractivity contribution in [2.75, 3.05) is 7.11 Å². The number of unbranched alkanes of at least 4 members (excludes halogenated alkanes) is 1. The van der Waals surface area contributed by atoms with Crippen LogP contribution in [-0.4, -0.2) is 28.5 Å². The third-order valence-corrected chi connectivity index (χ3v) is 2.17. The lowest BCUT2D eigenvalue weighted by Crippen LogP contribution is -2.15. The van der Waals surface area contributed by atoms with Gasteiger partial charge in [0.05, 0.1) is 13.2 Å². The van der Waals surface area contributed by atoms with Crippen molar-refractivity contribution in [3.63, 3.8) is 0 Å². The molecule has 0 amide bonds. The molecule has 1 aromatic rings. The van der Waals surface area contributed by atoms with Crippen LogP contribution in [0, 0.1) is 0 Å². The number of nitrogens with two attached hydrogens (primary N) is 1. The van der Waals surface area contributed by atoms with Crippen LogP contribution in [0.2, 0.25) is 0 Å². The predicted molar refractivity (Wildman–Crippen MR) is 54.2 cm³/mol. The number of nitrogens with zero attached hydrogens (tertiary/aromatic N) is 2. The molecule has 0 saturated carbocycles. The smallest absolute Gasteiger partial charge is 0.360 e. The first-order valence-electron chi connectivity index (χ1n) is 4.95. The van der Waals surface area contributed by atoms with Crippen LogP contribution < -0.4 is 5.73 Å². The molecule has 1 aromatic heterocycles. The second-order valence-corrected chi connectivity index (χ2v) is 3.30. The van der Waals surface area contributed by atoms with E-state index < -0.39 is 5.97 Å². The van der Waals surface area contributed by atoms with Crippen molar-refractivity contribution in [1.82, 2.24) is 15.4 Å². The van der Waals surface area contributed by atoms with E-state index in [1.165, 1.54) is 7.11 Å². The first-order chi connectivity index (χ1) is 7.20. The third-order valence-electron chi connectivity index (χ3n) is 2.17. The van der Waals surface area contributed by atoms with Gasteiger partial charge in [-0.25, -0.2) is 4.79 Å². The number of esters is 1. The van der Waals surface area contributed by atoms with Gasteiger partial charge in [0.2, 0.25) is 0 Å². The highest BCUT2D eigenvalue weighted by Gasteiger charge is 2.21. The van der Waals surface area contributed by atoms with Gasteiger partial charge in [-0.15, -0.1) is 5.10 Å². The van der Waals surface area contributed by atoms with E-state index in [0.29, 0.717) is 5.69 Å². The lowest BCUT2D eigenvalue weighted by molar-refractivity contribution is 0.0592. The summed E-state index contributed by atoms with van der Waals surface area (Å²) in [6, 6.07) is -0.266. The van der Waals surface area contributed by atoms with E-state index in [-0.39, 0.29) is 11.7 Å². The predicted octanol–water partition coefficient (Wildman–Crippen LogP) is 0.781. The topological polar surface area (TPSA) is 93.9 Å². The summed E-state index contributed by atoms with van der Waals surface area (Å²) in [4.78, 5) is 11.3. The largest absolute Gasteiger partial charge is 0.464 e. The summed E-state index contributed by atoms with van der Waals surface area (Å²) in [5.74, 6) is -0.509. The minimum absolute atomic E-state index is 0.182. The lowest BCUT2D eigenvalue weighted by Gasteiger charge is -2.08. The zero-order chi connectivity index (χ0) is 11.3. The Morgan fingerprint density at radius 1 is 1.60 bits per heavy atom. The zero-order valence-electron chi connectivity index (χ0n) is 8.99. The number of H-pyrrole nitrogens is 1. The molecule has 6 heteroatoms. The summed E-state index contributed by atoms with van der Waals surface area (Å²) in [7, 11) is 1.30. The summed E-state index contributed by atoms with van der Waals surface area (Å²) >= 11 is 0. The summed E-state index contributed by atoms with van der Waals surface area (Å²) in [6.07, 6.45) is 2.83. The highest BCUT2D eigenvalue weighted by molar-refractivity contribution is 5.88. The van der Waals surface area contributed by atoms with Gasteiger partial charge in [-0.05, 0) is 6.42 Å². The molecule has 1 heterocycles. The fourth-order valence-corrected chi connectivity index (χ4v) is 1.31. The monoisotopic (exact) mass is 212 g/mol. The number of rotatable bonds is 5. The molecule has 3 N–H and O–H groups in total. The van der Waals surface area contributed by atoms with Gasteiger partial charge in [0.1, 0.15) is 5.69 Å². The molecule has 0 aliphatic carbocycles. The first kappa shape index (κ1) is 11.6. The average molecular weight is 212 g/mol. The minimum atomic E-state index is -0.509. The van der Waals surface area contributed by atoms with Gasteiger partial charge in [-0.1, -0.05) is 19.8 Å². The van der Waals surface area contributed by atoms with Crippen LogP contribution in [0.5, 0.6) is 0 Å².